The van der Waals surface area contributed by atoms with Gasteiger partial charge in [0.05, 0.1) is 0 Å². The summed E-state index contributed by atoms with van der Waals surface area (Å²) in [4.78, 5) is 0. The summed E-state index contributed by atoms with van der Waals surface area (Å²) in [6.45, 7) is 0.412. The normalized spacial score (nSPS) is 12.1. The van der Waals surface area contributed by atoms with E-state index < -0.39 is 20.4 Å². The van der Waals surface area contributed by atoms with E-state index in [0.29, 0.717) is 12.8 Å². The van der Waals surface area contributed by atoms with Crippen LogP contribution < -0.4 is 13.6 Å². The first-order chi connectivity index (χ1) is 15.9. The number of hydrogen-bond acceptors (Lipinski definition) is 4. The molecular weight excluding hydrogens is 458 g/mol. The highest BCUT2D eigenvalue weighted by Crippen LogP contribution is 2.08. The Kier molecular flexibility index (Phi) is 12.6. The molecule has 0 radical (unpaired) electrons. The molecule has 2 rings (SSSR count). The van der Waals surface area contributed by atoms with Gasteiger partial charge in [0.2, 0.25) is 0 Å². The Bertz CT molecular complexity index is 901. The van der Waals surface area contributed by atoms with Crippen LogP contribution in [0.4, 0.5) is 0 Å². The summed E-state index contributed by atoms with van der Waals surface area (Å²) in [5.74, 6) is 0. The van der Waals surface area contributed by atoms with Crippen molar-refractivity contribution < 1.29 is 16.8 Å². The Morgan fingerprint density at radius 1 is 0.485 bits per heavy atom. The van der Waals surface area contributed by atoms with Crippen LogP contribution in [0, 0.1) is 0 Å². The maximum Gasteiger partial charge on any atom is 0.291 e. The molecule has 2 aromatic carbocycles. The summed E-state index contributed by atoms with van der Waals surface area (Å²) in [5, 5.41) is 0. The molecule has 0 aliphatic rings. The van der Waals surface area contributed by atoms with Crippen molar-refractivity contribution in [3.63, 3.8) is 0 Å². The molecule has 184 valence electrons. The Morgan fingerprint density at radius 3 is 1.24 bits per heavy atom. The Hall–Kier alpha value is -1.78. The molecule has 0 aliphatic heterocycles. The summed E-state index contributed by atoms with van der Waals surface area (Å²) in [6.07, 6.45) is 9.16. The monoisotopic (exact) mass is 495 g/mol. The van der Waals surface area contributed by atoms with Crippen molar-refractivity contribution in [3.05, 3.63) is 71.8 Å². The third-order valence-electron chi connectivity index (χ3n) is 5.27. The fourth-order valence-electron chi connectivity index (χ4n) is 3.52. The van der Waals surface area contributed by atoms with E-state index in [0.717, 1.165) is 51.4 Å². The summed E-state index contributed by atoms with van der Waals surface area (Å²) in [5.41, 5.74) is 2.60. The number of benzene rings is 2. The average Bonchev–Trinajstić information content (AvgIpc) is 2.78. The van der Waals surface area contributed by atoms with Crippen molar-refractivity contribution in [1.29, 1.82) is 0 Å². The van der Waals surface area contributed by atoms with E-state index >= 15 is 0 Å². The van der Waals surface area contributed by atoms with E-state index in [1.165, 1.54) is 11.1 Å². The third-order valence-corrected chi connectivity index (χ3v) is 8.20. The molecule has 3 N–H and O–H groups in total. The van der Waals surface area contributed by atoms with Gasteiger partial charge < -0.3 is 0 Å². The molecule has 33 heavy (non-hydrogen) atoms. The zero-order valence-electron chi connectivity index (χ0n) is 19.2. The van der Waals surface area contributed by atoms with Crippen LogP contribution in [0.3, 0.4) is 0 Å². The van der Waals surface area contributed by atoms with Crippen molar-refractivity contribution in [2.75, 3.05) is 13.1 Å². The van der Waals surface area contributed by atoms with E-state index in [2.05, 4.69) is 33.7 Å². The van der Waals surface area contributed by atoms with Gasteiger partial charge in [-0.2, -0.15) is 16.8 Å². The van der Waals surface area contributed by atoms with E-state index in [1.807, 2.05) is 36.4 Å². The van der Waals surface area contributed by atoms with Crippen LogP contribution in [-0.4, -0.2) is 29.9 Å². The number of nitrogens with one attached hydrogen (secondary N) is 3. The van der Waals surface area contributed by atoms with E-state index in [9.17, 15) is 16.8 Å². The Morgan fingerprint density at radius 2 is 0.848 bits per heavy atom. The van der Waals surface area contributed by atoms with Crippen molar-refractivity contribution >= 4 is 20.4 Å². The van der Waals surface area contributed by atoms with Crippen molar-refractivity contribution in [3.8, 4) is 0 Å². The van der Waals surface area contributed by atoms with Crippen LogP contribution in [0.5, 0.6) is 0 Å². The summed E-state index contributed by atoms with van der Waals surface area (Å²) in [6, 6.07) is 20.5. The van der Waals surface area contributed by atoms with E-state index in [4.69, 9.17) is 0 Å². The van der Waals surface area contributed by atoms with E-state index in [-0.39, 0.29) is 13.1 Å². The first-order valence-corrected chi connectivity index (χ1v) is 14.7. The summed E-state index contributed by atoms with van der Waals surface area (Å²) in [7, 11) is -8.21. The molecular formula is C24H37N3O4S2. The predicted octanol–water partition coefficient (Wildman–Crippen LogP) is 3.85. The van der Waals surface area contributed by atoms with Gasteiger partial charge in [0.1, 0.15) is 0 Å². The predicted molar refractivity (Wildman–Crippen MR) is 134 cm³/mol. The summed E-state index contributed by atoms with van der Waals surface area (Å²) >= 11 is 0. The molecule has 0 unspecified atom stereocenters. The molecule has 0 bridgehead atoms. The van der Waals surface area contributed by atoms with Crippen molar-refractivity contribution in [2.45, 2.75) is 64.2 Å². The molecule has 0 heterocycles. The minimum atomic E-state index is -4.11. The maximum atomic E-state index is 12.0. The smallest absolute Gasteiger partial charge is 0.201 e. The van der Waals surface area contributed by atoms with Gasteiger partial charge in [-0.25, -0.2) is 9.44 Å². The molecule has 0 spiro atoms. The lowest BCUT2D eigenvalue weighted by molar-refractivity contribution is 0.552. The molecule has 7 nitrogen and oxygen atoms in total. The number of aryl methyl sites for hydroxylation is 2. The molecule has 0 amide bonds. The zero-order chi connectivity index (χ0) is 23.8. The molecule has 0 saturated carbocycles. The van der Waals surface area contributed by atoms with Crippen LogP contribution in [0.1, 0.15) is 62.5 Å². The largest absolute Gasteiger partial charge is 0.291 e. The second kappa shape index (κ2) is 15.2. The van der Waals surface area contributed by atoms with Gasteiger partial charge in [-0.05, 0) is 49.7 Å². The van der Waals surface area contributed by atoms with Gasteiger partial charge in [-0.1, -0.05) is 90.5 Å². The maximum absolute atomic E-state index is 12.0. The Balaban J connectivity index is 1.49. The minimum absolute atomic E-state index is 0.206. The average molecular weight is 496 g/mol. The molecule has 0 aliphatic carbocycles. The van der Waals surface area contributed by atoms with Gasteiger partial charge in [0.25, 0.3) is 20.4 Å². The van der Waals surface area contributed by atoms with Crippen LogP contribution in [0.25, 0.3) is 0 Å². The lowest BCUT2D eigenvalue weighted by Gasteiger charge is -2.10. The van der Waals surface area contributed by atoms with Gasteiger partial charge in [-0.3, -0.25) is 0 Å². The lowest BCUT2D eigenvalue weighted by atomic mass is 10.1. The Labute approximate surface area is 199 Å². The van der Waals surface area contributed by atoms with E-state index in [1.54, 1.807) is 4.13 Å². The molecule has 0 fully saturated rings. The lowest BCUT2D eigenvalue weighted by Crippen LogP contribution is -2.46. The topological polar surface area (TPSA) is 104 Å². The first kappa shape index (κ1) is 27.5. The van der Waals surface area contributed by atoms with Crippen LogP contribution in [0.2, 0.25) is 0 Å². The second-order valence-electron chi connectivity index (χ2n) is 8.18. The summed E-state index contributed by atoms with van der Waals surface area (Å²) < 4.78 is 54.3. The highest BCUT2D eigenvalue weighted by molar-refractivity contribution is 8.02. The first-order valence-electron chi connectivity index (χ1n) is 11.7. The molecule has 9 heteroatoms. The standard InChI is InChI=1S/C24H37N3O4S2/c28-32(29,25-21-13-3-1-7-15-23-17-9-5-10-18-23)27-33(30,31)26-22-14-4-2-8-16-24-19-11-6-12-20-24/h5-6,9-12,17-20,25-27H,1-4,7-8,13-16,21-22H2. The third kappa shape index (κ3) is 13.5. The van der Waals surface area contributed by atoms with Gasteiger partial charge >= 0.3 is 0 Å². The molecule has 2 aromatic rings. The van der Waals surface area contributed by atoms with Gasteiger partial charge in [0, 0.05) is 13.1 Å². The highest BCUT2D eigenvalue weighted by Gasteiger charge is 2.19. The fourth-order valence-corrected chi connectivity index (χ4v) is 5.97. The zero-order valence-corrected chi connectivity index (χ0v) is 20.8. The van der Waals surface area contributed by atoms with Gasteiger partial charge in [0.15, 0.2) is 0 Å². The molecule has 0 saturated heterocycles. The molecule has 0 aromatic heterocycles. The quantitative estimate of drug-likeness (QED) is 0.273. The van der Waals surface area contributed by atoms with Gasteiger partial charge in [-0.15, -0.1) is 0 Å². The van der Waals surface area contributed by atoms with Crippen molar-refractivity contribution in [2.24, 2.45) is 0 Å². The minimum Gasteiger partial charge on any atom is -0.201 e. The SMILES string of the molecule is O=S(=O)(NCCCCCCc1ccccc1)NS(=O)(=O)NCCCCCCc1ccccc1. The number of unbranched alkanes of at least 4 members (excludes halogenated alkanes) is 6. The van der Waals surface area contributed by atoms with Crippen LogP contribution in [-0.2, 0) is 33.3 Å². The number of hydrogen-bond donors (Lipinski definition) is 3. The molecule has 0 atom stereocenters. The van der Waals surface area contributed by atoms with Crippen LogP contribution >= 0.6 is 0 Å². The fraction of sp³-hybridized carbons (Fsp3) is 0.500. The van der Waals surface area contributed by atoms with Crippen molar-refractivity contribution in [1.82, 2.24) is 13.6 Å². The van der Waals surface area contributed by atoms with Crippen LogP contribution in [0.15, 0.2) is 60.7 Å². The second-order valence-corrected chi connectivity index (χ2v) is 11.4. The number of rotatable bonds is 18. The highest BCUT2D eigenvalue weighted by atomic mass is 32.3.